The third kappa shape index (κ3) is 4.22. The summed E-state index contributed by atoms with van der Waals surface area (Å²) in [4.78, 5) is 2.49. The molecule has 0 aromatic heterocycles. The Hall–Kier alpha value is -3.00. The van der Waals surface area contributed by atoms with E-state index in [0.29, 0.717) is 11.7 Å². The van der Waals surface area contributed by atoms with Gasteiger partial charge in [0.1, 0.15) is 5.75 Å². The first-order valence-electron chi connectivity index (χ1n) is 10.4. The Morgan fingerprint density at radius 3 is 2.34 bits per heavy atom. The largest absolute Gasteiger partial charge is 0.508 e. The first-order chi connectivity index (χ1) is 14.1. The van der Waals surface area contributed by atoms with Gasteiger partial charge in [-0.3, -0.25) is 0 Å². The number of allylic oxidation sites excluding steroid dienone is 1. The summed E-state index contributed by atoms with van der Waals surface area (Å²) < 4.78 is 0. The SMILES string of the molecule is C=C1C(Cc2c(C)cccc2O)CCN1[C@H](Cc1ccccc1)c1ccccc1. The van der Waals surface area contributed by atoms with E-state index < -0.39 is 0 Å². The molecule has 0 radical (unpaired) electrons. The van der Waals surface area contributed by atoms with Crippen molar-refractivity contribution in [3.63, 3.8) is 0 Å². The van der Waals surface area contributed by atoms with Gasteiger partial charge in [0, 0.05) is 18.2 Å². The summed E-state index contributed by atoms with van der Waals surface area (Å²) in [5.41, 5.74) is 6.07. The molecule has 0 spiro atoms. The van der Waals surface area contributed by atoms with Gasteiger partial charge in [0.05, 0.1) is 6.04 Å². The molecule has 0 saturated carbocycles. The molecule has 1 aliphatic heterocycles. The highest BCUT2D eigenvalue weighted by Gasteiger charge is 2.32. The van der Waals surface area contributed by atoms with Crippen molar-refractivity contribution in [2.75, 3.05) is 6.54 Å². The zero-order chi connectivity index (χ0) is 20.2. The van der Waals surface area contributed by atoms with E-state index in [1.807, 2.05) is 6.07 Å². The van der Waals surface area contributed by atoms with Crippen molar-refractivity contribution in [3.8, 4) is 5.75 Å². The van der Waals surface area contributed by atoms with Gasteiger partial charge in [-0.05, 0) is 54.5 Å². The smallest absolute Gasteiger partial charge is 0.119 e. The number of likely N-dealkylation sites (tertiary alicyclic amines) is 1. The van der Waals surface area contributed by atoms with E-state index in [4.69, 9.17) is 0 Å². The van der Waals surface area contributed by atoms with E-state index in [0.717, 1.165) is 36.9 Å². The lowest BCUT2D eigenvalue weighted by Gasteiger charge is -2.32. The summed E-state index contributed by atoms with van der Waals surface area (Å²) in [6.07, 6.45) is 2.89. The minimum absolute atomic E-state index is 0.279. The van der Waals surface area contributed by atoms with Gasteiger partial charge in [0.25, 0.3) is 0 Å². The number of phenolic OH excluding ortho intramolecular Hbond substituents is 1. The zero-order valence-corrected chi connectivity index (χ0v) is 17.1. The highest BCUT2D eigenvalue weighted by Crippen LogP contribution is 2.39. The molecule has 1 saturated heterocycles. The van der Waals surface area contributed by atoms with Gasteiger partial charge < -0.3 is 10.0 Å². The quantitative estimate of drug-likeness (QED) is 0.559. The molecule has 148 valence electrons. The van der Waals surface area contributed by atoms with Crippen molar-refractivity contribution >= 4 is 0 Å². The highest BCUT2D eigenvalue weighted by molar-refractivity contribution is 5.39. The number of nitrogens with zero attached hydrogens (tertiary/aromatic N) is 1. The van der Waals surface area contributed by atoms with Crippen LogP contribution in [0.5, 0.6) is 5.75 Å². The molecule has 1 aliphatic rings. The van der Waals surface area contributed by atoms with Crippen LogP contribution in [0.2, 0.25) is 0 Å². The van der Waals surface area contributed by atoms with Crippen molar-refractivity contribution in [3.05, 3.63) is 113 Å². The molecule has 0 aliphatic carbocycles. The summed E-state index contributed by atoms with van der Waals surface area (Å²) in [5, 5.41) is 10.3. The minimum atomic E-state index is 0.279. The molecular formula is C27H29NO. The fraction of sp³-hybridized carbons (Fsp3) is 0.259. The third-order valence-corrected chi connectivity index (χ3v) is 6.23. The Balaban J connectivity index is 1.58. The van der Waals surface area contributed by atoms with Crippen LogP contribution < -0.4 is 0 Å². The monoisotopic (exact) mass is 383 g/mol. The Morgan fingerprint density at radius 1 is 0.966 bits per heavy atom. The molecule has 1 heterocycles. The fourth-order valence-electron chi connectivity index (χ4n) is 4.53. The number of benzene rings is 3. The number of phenols is 1. The lowest BCUT2D eigenvalue weighted by atomic mass is 9.92. The second-order valence-electron chi connectivity index (χ2n) is 8.06. The number of aromatic hydroxyl groups is 1. The summed E-state index contributed by atoms with van der Waals surface area (Å²) in [7, 11) is 0. The molecule has 2 atom stereocenters. The van der Waals surface area contributed by atoms with E-state index in [2.05, 4.69) is 85.1 Å². The maximum Gasteiger partial charge on any atom is 0.119 e. The Kier molecular flexibility index (Phi) is 5.71. The van der Waals surface area contributed by atoms with Gasteiger partial charge in [0.15, 0.2) is 0 Å². The van der Waals surface area contributed by atoms with Crippen molar-refractivity contribution < 1.29 is 5.11 Å². The number of aryl methyl sites for hydroxylation is 1. The summed E-state index contributed by atoms with van der Waals surface area (Å²) >= 11 is 0. The topological polar surface area (TPSA) is 23.5 Å². The number of rotatable bonds is 6. The molecule has 3 aromatic carbocycles. The summed E-state index contributed by atoms with van der Waals surface area (Å²) in [6.45, 7) is 7.58. The molecule has 0 amide bonds. The molecule has 4 rings (SSSR count). The molecule has 0 bridgehead atoms. The van der Waals surface area contributed by atoms with E-state index >= 15 is 0 Å². The van der Waals surface area contributed by atoms with Gasteiger partial charge in [-0.15, -0.1) is 0 Å². The van der Waals surface area contributed by atoms with Crippen molar-refractivity contribution in [2.45, 2.75) is 32.2 Å². The Bertz CT molecular complexity index is 944. The Morgan fingerprint density at radius 2 is 1.66 bits per heavy atom. The van der Waals surface area contributed by atoms with Crippen molar-refractivity contribution in [1.29, 1.82) is 0 Å². The predicted molar refractivity (Wildman–Crippen MR) is 120 cm³/mol. The second-order valence-corrected chi connectivity index (χ2v) is 8.06. The lowest BCUT2D eigenvalue weighted by Crippen LogP contribution is -2.26. The van der Waals surface area contributed by atoms with Gasteiger partial charge >= 0.3 is 0 Å². The van der Waals surface area contributed by atoms with Gasteiger partial charge in [0.2, 0.25) is 0 Å². The van der Waals surface area contributed by atoms with Crippen LogP contribution in [0, 0.1) is 12.8 Å². The van der Waals surface area contributed by atoms with Gasteiger partial charge in [-0.1, -0.05) is 79.4 Å². The highest BCUT2D eigenvalue weighted by atomic mass is 16.3. The zero-order valence-electron chi connectivity index (χ0n) is 17.1. The first kappa shape index (κ1) is 19.3. The molecule has 1 fully saturated rings. The molecule has 29 heavy (non-hydrogen) atoms. The van der Waals surface area contributed by atoms with Crippen LogP contribution >= 0.6 is 0 Å². The van der Waals surface area contributed by atoms with Crippen molar-refractivity contribution in [1.82, 2.24) is 4.90 Å². The molecular weight excluding hydrogens is 354 g/mol. The predicted octanol–water partition coefficient (Wildman–Crippen LogP) is 6.06. The van der Waals surface area contributed by atoms with Crippen molar-refractivity contribution in [2.24, 2.45) is 5.92 Å². The van der Waals surface area contributed by atoms with Crippen LogP contribution in [0.15, 0.2) is 91.1 Å². The van der Waals surface area contributed by atoms with E-state index in [1.54, 1.807) is 6.07 Å². The normalized spacial score (nSPS) is 17.5. The Labute approximate surface area is 174 Å². The number of hydrogen-bond acceptors (Lipinski definition) is 2. The van der Waals surface area contributed by atoms with E-state index in [-0.39, 0.29) is 6.04 Å². The minimum Gasteiger partial charge on any atom is -0.508 e. The van der Waals surface area contributed by atoms with E-state index in [9.17, 15) is 5.11 Å². The van der Waals surface area contributed by atoms with Crippen LogP contribution in [0.4, 0.5) is 0 Å². The molecule has 1 N–H and O–H groups in total. The third-order valence-electron chi connectivity index (χ3n) is 6.23. The lowest BCUT2D eigenvalue weighted by molar-refractivity contribution is 0.286. The molecule has 2 nitrogen and oxygen atoms in total. The van der Waals surface area contributed by atoms with Gasteiger partial charge in [-0.2, -0.15) is 0 Å². The molecule has 2 heteroatoms. The average molecular weight is 384 g/mol. The van der Waals surface area contributed by atoms with Crippen LogP contribution in [-0.2, 0) is 12.8 Å². The molecule has 1 unspecified atom stereocenters. The summed E-state index contributed by atoms with van der Waals surface area (Å²) in [6, 6.07) is 27.5. The van der Waals surface area contributed by atoms with Gasteiger partial charge in [-0.25, -0.2) is 0 Å². The summed E-state index contributed by atoms with van der Waals surface area (Å²) in [5.74, 6) is 0.768. The number of hydrogen-bond donors (Lipinski definition) is 1. The standard InChI is InChI=1S/C27H29NO/c1-20-10-9-15-27(29)25(20)19-24-16-17-28(21(24)2)26(23-13-7-4-8-14-23)18-22-11-5-3-6-12-22/h3-15,24,26,29H,2,16-19H2,1H3/t24?,26-/m1/s1. The maximum atomic E-state index is 10.3. The fourth-order valence-corrected chi connectivity index (χ4v) is 4.53. The van der Waals surface area contributed by atoms with Crippen LogP contribution in [-0.4, -0.2) is 16.6 Å². The van der Waals surface area contributed by atoms with Crippen LogP contribution in [0.25, 0.3) is 0 Å². The molecule has 3 aromatic rings. The maximum absolute atomic E-state index is 10.3. The van der Waals surface area contributed by atoms with Crippen LogP contribution in [0.3, 0.4) is 0 Å². The second kappa shape index (κ2) is 8.57. The average Bonchev–Trinajstić information content (AvgIpc) is 3.10. The first-order valence-corrected chi connectivity index (χ1v) is 10.4. The van der Waals surface area contributed by atoms with Crippen LogP contribution in [0.1, 0.15) is 34.7 Å². The van der Waals surface area contributed by atoms with E-state index in [1.165, 1.54) is 16.8 Å².